The zero-order valence-corrected chi connectivity index (χ0v) is 22.4. The van der Waals surface area contributed by atoms with E-state index in [0.29, 0.717) is 5.56 Å². The van der Waals surface area contributed by atoms with Gasteiger partial charge < -0.3 is 25.7 Å². The van der Waals surface area contributed by atoms with Gasteiger partial charge >= 0.3 is 5.97 Å². The van der Waals surface area contributed by atoms with Crippen molar-refractivity contribution >= 4 is 57.4 Å². The molecule has 1 fully saturated rings. The van der Waals surface area contributed by atoms with Gasteiger partial charge in [-0.25, -0.2) is 9.78 Å². The number of hydrogen-bond acceptors (Lipinski definition) is 13. The number of nitro groups is 1. The number of rotatable bonds is 10. The Morgan fingerprint density at radius 2 is 2.08 bits per heavy atom. The predicted octanol–water partition coefficient (Wildman–Crippen LogP) is 1.92. The average Bonchev–Trinajstić information content (AvgIpc) is 3.33. The lowest BCUT2D eigenvalue weighted by Crippen LogP contribution is -2.71. The van der Waals surface area contributed by atoms with Crippen LogP contribution >= 0.6 is 23.1 Å². The van der Waals surface area contributed by atoms with E-state index in [2.05, 4.69) is 15.5 Å². The molecule has 4 rings (SSSR count). The maximum atomic E-state index is 13.1. The number of β-lactam (4-membered cyclic amide) rings is 1. The molecule has 2 aliphatic rings. The number of non-ortho nitro benzene ring substituents is 1. The highest BCUT2D eigenvalue weighted by Gasteiger charge is 2.55. The van der Waals surface area contributed by atoms with Crippen molar-refractivity contribution in [1.29, 1.82) is 0 Å². The molecule has 206 valence electrons. The van der Waals surface area contributed by atoms with Crippen LogP contribution < -0.4 is 11.1 Å². The normalized spacial score (nSPS) is 18.9. The number of ether oxygens (including phenoxy) is 1. The van der Waals surface area contributed by atoms with E-state index >= 15 is 0 Å². The predicted molar refractivity (Wildman–Crippen MR) is 141 cm³/mol. The van der Waals surface area contributed by atoms with Crippen molar-refractivity contribution in [2.24, 2.45) is 11.1 Å². The van der Waals surface area contributed by atoms with E-state index in [9.17, 15) is 29.6 Å². The maximum Gasteiger partial charge on any atom is 0.358 e. The molecule has 2 atom stereocenters. The first kappa shape index (κ1) is 27.8. The topological polar surface area (TPSA) is 200 Å². The number of nitrogens with two attached hydrogens (primary N) is 1. The van der Waals surface area contributed by atoms with Crippen molar-refractivity contribution in [3.8, 4) is 0 Å². The lowest BCUT2D eigenvalue weighted by atomic mass is 10.0. The molecule has 1 aromatic heterocycles. The molecule has 1 aromatic carbocycles. The Kier molecular flexibility index (Phi) is 8.35. The molecule has 2 amide bonds. The molecule has 3 heterocycles. The highest BCUT2D eigenvalue weighted by atomic mass is 32.2. The van der Waals surface area contributed by atoms with Crippen LogP contribution in [-0.2, 0) is 30.6 Å². The number of aliphatic hydroxyl groups is 1. The van der Waals surface area contributed by atoms with Crippen LogP contribution in [0.2, 0.25) is 0 Å². The van der Waals surface area contributed by atoms with Gasteiger partial charge in [0.25, 0.3) is 17.5 Å². The van der Waals surface area contributed by atoms with Crippen LogP contribution in [0.5, 0.6) is 0 Å². The molecule has 0 aliphatic carbocycles. The van der Waals surface area contributed by atoms with E-state index in [1.54, 1.807) is 0 Å². The van der Waals surface area contributed by atoms with Gasteiger partial charge in [-0.3, -0.25) is 24.6 Å². The fourth-order valence-corrected chi connectivity index (χ4v) is 5.33. The zero-order valence-electron chi connectivity index (χ0n) is 20.7. The summed E-state index contributed by atoms with van der Waals surface area (Å²) in [5.74, 6) is -2.48. The van der Waals surface area contributed by atoms with Crippen LogP contribution in [-0.4, -0.2) is 67.2 Å². The van der Waals surface area contributed by atoms with E-state index in [4.69, 9.17) is 15.3 Å². The van der Waals surface area contributed by atoms with Gasteiger partial charge in [0.1, 0.15) is 36.1 Å². The third-order valence-corrected chi connectivity index (χ3v) is 7.43. The standard InChI is InChI=1S/C23H24N6O8S2/c1-11(2)7-37-27-16(14-9-39-23(24)25-14)19(31)26-17-20(32)28-18(15(30)10-38-21(17)28)22(33)36-8-12-3-5-13(6-4-12)29(34)35/h3-6,9,11,17,21,30H,7-8,10H2,1-2H3,(H2,24,25)(H,26,31)/t17?,21-/m1/s1. The Labute approximate surface area is 230 Å². The number of esters is 1. The largest absolute Gasteiger partial charge is 0.509 e. The average molecular weight is 577 g/mol. The summed E-state index contributed by atoms with van der Waals surface area (Å²) in [6, 6.07) is 4.38. The number of oxime groups is 1. The summed E-state index contributed by atoms with van der Waals surface area (Å²) in [6.07, 6.45) is 0. The number of aromatic nitrogens is 1. The van der Waals surface area contributed by atoms with Gasteiger partial charge in [0.05, 0.1) is 10.7 Å². The number of aliphatic hydroxyl groups excluding tert-OH is 1. The number of carbonyl (C=O) groups excluding carboxylic acids is 3. The minimum absolute atomic E-state index is 0.00382. The Morgan fingerprint density at radius 1 is 1.36 bits per heavy atom. The van der Waals surface area contributed by atoms with Crippen LogP contribution in [0.4, 0.5) is 10.8 Å². The number of anilines is 1. The summed E-state index contributed by atoms with van der Waals surface area (Å²) in [5.41, 5.74) is 5.76. The molecule has 0 radical (unpaired) electrons. The smallest absolute Gasteiger partial charge is 0.358 e. The number of nitrogens with zero attached hydrogens (tertiary/aromatic N) is 4. The van der Waals surface area contributed by atoms with E-state index < -0.39 is 34.1 Å². The van der Waals surface area contributed by atoms with Crippen molar-refractivity contribution in [3.63, 3.8) is 0 Å². The van der Waals surface area contributed by atoms with E-state index in [-0.39, 0.29) is 58.6 Å². The third kappa shape index (κ3) is 6.12. The van der Waals surface area contributed by atoms with Gasteiger partial charge in [0.2, 0.25) is 0 Å². The molecule has 4 N–H and O–H groups in total. The molecular formula is C23H24N6O8S2. The van der Waals surface area contributed by atoms with Crippen LogP contribution in [0.15, 0.2) is 46.3 Å². The SMILES string of the molecule is CC(C)CON=C(C(=O)NC1C(=O)N2C(C(=O)OCc3ccc([N+](=O)[O-])cc3)=C(O)CS[C@H]12)c1csc(N)n1. The highest BCUT2D eigenvalue weighted by molar-refractivity contribution is 8.00. The highest BCUT2D eigenvalue weighted by Crippen LogP contribution is 2.40. The molecule has 2 aliphatic heterocycles. The third-order valence-electron chi connectivity index (χ3n) is 5.49. The first-order valence-corrected chi connectivity index (χ1v) is 13.5. The molecule has 39 heavy (non-hydrogen) atoms. The Bertz CT molecular complexity index is 1360. The first-order valence-electron chi connectivity index (χ1n) is 11.6. The van der Waals surface area contributed by atoms with Crippen molar-refractivity contribution < 1.29 is 34.0 Å². The summed E-state index contributed by atoms with van der Waals surface area (Å²) in [4.78, 5) is 59.5. The van der Waals surface area contributed by atoms with Gasteiger partial charge in [0.15, 0.2) is 16.5 Å². The number of nitrogen functional groups attached to an aromatic ring is 1. The van der Waals surface area contributed by atoms with Gasteiger partial charge in [-0.05, 0) is 23.6 Å². The van der Waals surface area contributed by atoms with Crippen LogP contribution in [0.25, 0.3) is 0 Å². The summed E-state index contributed by atoms with van der Waals surface area (Å²) >= 11 is 2.27. The second-order valence-electron chi connectivity index (χ2n) is 8.86. The van der Waals surface area contributed by atoms with Crippen molar-refractivity contribution in [2.75, 3.05) is 18.1 Å². The first-order chi connectivity index (χ1) is 18.6. The Morgan fingerprint density at radius 3 is 2.69 bits per heavy atom. The molecule has 0 spiro atoms. The monoisotopic (exact) mass is 576 g/mol. The number of nitrogens with one attached hydrogen (secondary N) is 1. The number of thioether (sulfide) groups is 1. The Balaban J connectivity index is 1.43. The number of nitro benzene ring substituents is 1. The van der Waals surface area contributed by atoms with Crippen LogP contribution in [0, 0.1) is 16.0 Å². The summed E-state index contributed by atoms with van der Waals surface area (Å²) in [5, 5.41) is 28.8. The zero-order chi connectivity index (χ0) is 28.3. The van der Waals surface area contributed by atoms with E-state index in [0.717, 1.165) is 28.0 Å². The lowest BCUT2D eigenvalue weighted by molar-refractivity contribution is -0.384. The molecule has 0 bridgehead atoms. The molecule has 1 saturated heterocycles. The summed E-state index contributed by atoms with van der Waals surface area (Å²) in [6.45, 7) is 3.84. The second kappa shape index (κ2) is 11.7. The number of amides is 2. The Hall–Kier alpha value is -4.18. The number of thiazole rings is 1. The second-order valence-corrected chi connectivity index (χ2v) is 10.9. The summed E-state index contributed by atoms with van der Waals surface area (Å²) in [7, 11) is 0. The number of carbonyl (C=O) groups is 3. The van der Waals surface area contributed by atoms with Gasteiger partial charge in [-0.2, -0.15) is 0 Å². The number of benzene rings is 1. The summed E-state index contributed by atoms with van der Waals surface area (Å²) < 4.78 is 5.25. The fraction of sp³-hybridized carbons (Fsp3) is 0.348. The molecule has 2 aromatic rings. The van der Waals surface area contributed by atoms with Gasteiger partial charge in [-0.1, -0.05) is 19.0 Å². The molecule has 14 nitrogen and oxygen atoms in total. The minimum atomic E-state index is -1.01. The molecule has 0 saturated carbocycles. The van der Waals surface area contributed by atoms with Gasteiger partial charge in [0, 0.05) is 17.5 Å². The molecule has 1 unspecified atom stereocenters. The van der Waals surface area contributed by atoms with Crippen molar-refractivity contribution in [3.05, 3.63) is 62.5 Å². The number of hydrogen-bond donors (Lipinski definition) is 3. The minimum Gasteiger partial charge on any atom is -0.509 e. The van der Waals surface area contributed by atoms with E-state index in [1.165, 1.54) is 29.6 Å². The van der Waals surface area contributed by atoms with E-state index in [1.807, 2.05) is 13.8 Å². The van der Waals surface area contributed by atoms with Crippen LogP contribution in [0.3, 0.4) is 0 Å². The van der Waals surface area contributed by atoms with Crippen LogP contribution in [0.1, 0.15) is 25.1 Å². The number of fused-ring (bicyclic) bond motifs is 1. The lowest BCUT2D eigenvalue weighted by Gasteiger charge is -2.48. The molecule has 16 heteroatoms. The van der Waals surface area contributed by atoms with Crippen molar-refractivity contribution in [2.45, 2.75) is 31.9 Å². The van der Waals surface area contributed by atoms with Crippen molar-refractivity contribution in [1.82, 2.24) is 15.2 Å². The maximum absolute atomic E-state index is 13.1. The van der Waals surface area contributed by atoms with Gasteiger partial charge in [-0.15, -0.1) is 23.1 Å². The molecular weight excluding hydrogens is 552 g/mol. The fourth-order valence-electron chi connectivity index (χ4n) is 3.59. The quantitative estimate of drug-likeness (QED) is 0.123.